The first-order valence-corrected chi connectivity index (χ1v) is 4.24. The monoisotopic (exact) mass is 139 g/mol. The highest BCUT2D eigenvalue weighted by Crippen LogP contribution is 2.31. The molecule has 1 nitrogen and oxygen atoms in total. The molecule has 58 valence electrons. The van der Waals surface area contributed by atoms with Gasteiger partial charge in [-0.15, -0.1) is 0 Å². The van der Waals surface area contributed by atoms with Crippen LogP contribution in [-0.2, 0) is 0 Å². The van der Waals surface area contributed by atoms with Crippen LogP contribution in [0.25, 0.3) is 0 Å². The summed E-state index contributed by atoms with van der Waals surface area (Å²) in [5.41, 5.74) is 7.01. The molecular weight excluding hydrogens is 122 g/mol. The van der Waals surface area contributed by atoms with Gasteiger partial charge in [-0.25, -0.2) is 0 Å². The third kappa shape index (κ3) is 1.84. The summed E-state index contributed by atoms with van der Waals surface area (Å²) >= 11 is 0. The van der Waals surface area contributed by atoms with E-state index in [1.165, 1.54) is 25.7 Å². The Morgan fingerprint density at radius 2 is 2.50 bits per heavy atom. The quantitative estimate of drug-likeness (QED) is 0.582. The molecule has 0 amide bonds. The number of hydrogen-bond donors (Lipinski definition) is 1. The average Bonchev–Trinajstić information content (AvgIpc) is 2.37. The van der Waals surface area contributed by atoms with Crippen LogP contribution in [0, 0.1) is 5.92 Å². The van der Waals surface area contributed by atoms with Gasteiger partial charge in [-0.2, -0.15) is 0 Å². The molecule has 1 saturated carbocycles. The Bertz CT molecular complexity index is 127. The van der Waals surface area contributed by atoms with Crippen molar-refractivity contribution in [3.63, 3.8) is 0 Å². The molecule has 1 aliphatic carbocycles. The molecule has 1 atom stereocenters. The summed E-state index contributed by atoms with van der Waals surface area (Å²) in [7, 11) is 0. The van der Waals surface area contributed by atoms with Gasteiger partial charge in [-0.3, -0.25) is 0 Å². The van der Waals surface area contributed by atoms with Gasteiger partial charge in [0.15, 0.2) is 0 Å². The Hall–Kier alpha value is -0.300. The van der Waals surface area contributed by atoms with Gasteiger partial charge in [0.05, 0.1) is 0 Å². The van der Waals surface area contributed by atoms with Gasteiger partial charge in [0.1, 0.15) is 0 Å². The van der Waals surface area contributed by atoms with E-state index in [-0.39, 0.29) is 0 Å². The molecule has 1 rings (SSSR count). The van der Waals surface area contributed by atoms with Crippen molar-refractivity contribution >= 4 is 0 Å². The van der Waals surface area contributed by atoms with Crippen molar-refractivity contribution in [2.45, 2.75) is 32.6 Å². The van der Waals surface area contributed by atoms with Crippen LogP contribution in [0.1, 0.15) is 32.6 Å². The molecular formula is C9H17N. The Labute approximate surface area is 63.3 Å². The van der Waals surface area contributed by atoms with Crippen LogP contribution in [-0.4, -0.2) is 6.54 Å². The Balaban J connectivity index is 2.35. The van der Waals surface area contributed by atoms with Crippen molar-refractivity contribution in [2.24, 2.45) is 11.7 Å². The van der Waals surface area contributed by atoms with Gasteiger partial charge in [0.25, 0.3) is 0 Å². The molecule has 0 saturated heterocycles. The van der Waals surface area contributed by atoms with Gasteiger partial charge in [-0.1, -0.05) is 25.0 Å². The van der Waals surface area contributed by atoms with Gasteiger partial charge in [0.2, 0.25) is 0 Å². The SMILES string of the molecule is CCC1CCC(=CCN)C1. The van der Waals surface area contributed by atoms with E-state index in [9.17, 15) is 0 Å². The molecule has 1 unspecified atom stereocenters. The number of nitrogens with two attached hydrogens (primary N) is 1. The van der Waals surface area contributed by atoms with Crippen molar-refractivity contribution in [1.29, 1.82) is 0 Å². The van der Waals surface area contributed by atoms with Crippen molar-refractivity contribution in [2.75, 3.05) is 6.54 Å². The van der Waals surface area contributed by atoms with Crippen LogP contribution >= 0.6 is 0 Å². The third-order valence-corrected chi connectivity index (χ3v) is 2.41. The fourth-order valence-electron chi connectivity index (χ4n) is 1.66. The fraction of sp³-hybridized carbons (Fsp3) is 0.778. The lowest BCUT2D eigenvalue weighted by atomic mass is 10.1. The number of allylic oxidation sites excluding steroid dienone is 1. The minimum Gasteiger partial charge on any atom is -0.327 e. The second-order valence-electron chi connectivity index (χ2n) is 3.12. The summed E-state index contributed by atoms with van der Waals surface area (Å²) in [6.07, 6.45) is 7.53. The molecule has 0 radical (unpaired) electrons. The lowest BCUT2D eigenvalue weighted by molar-refractivity contribution is 0.537. The zero-order valence-electron chi connectivity index (χ0n) is 6.77. The molecule has 0 spiro atoms. The second-order valence-corrected chi connectivity index (χ2v) is 3.12. The van der Waals surface area contributed by atoms with Crippen LogP contribution in [0.2, 0.25) is 0 Å². The zero-order chi connectivity index (χ0) is 7.40. The number of hydrogen-bond acceptors (Lipinski definition) is 1. The molecule has 0 aromatic rings. The van der Waals surface area contributed by atoms with E-state index in [4.69, 9.17) is 5.73 Å². The zero-order valence-corrected chi connectivity index (χ0v) is 6.77. The molecule has 0 aliphatic heterocycles. The van der Waals surface area contributed by atoms with E-state index >= 15 is 0 Å². The highest BCUT2D eigenvalue weighted by Gasteiger charge is 2.16. The summed E-state index contributed by atoms with van der Waals surface area (Å²) in [5.74, 6) is 0.956. The first-order chi connectivity index (χ1) is 4.86. The standard InChI is InChI=1S/C9H17N/c1-2-8-3-4-9(7-8)5-6-10/h5,8H,2-4,6-7,10H2,1H3. The highest BCUT2D eigenvalue weighted by molar-refractivity contribution is 5.08. The smallest absolute Gasteiger partial charge is 0.0109 e. The van der Waals surface area contributed by atoms with E-state index in [2.05, 4.69) is 13.0 Å². The number of rotatable bonds is 2. The lowest BCUT2D eigenvalue weighted by Crippen LogP contribution is -1.94. The summed E-state index contributed by atoms with van der Waals surface area (Å²) in [4.78, 5) is 0. The first kappa shape index (κ1) is 7.80. The van der Waals surface area contributed by atoms with Crippen LogP contribution in [0.3, 0.4) is 0 Å². The predicted octanol–water partition coefficient (Wildman–Crippen LogP) is 2.08. The molecule has 0 heterocycles. The molecule has 1 aliphatic rings. The molecule has 2 N–H and O–H groups in total. The summed E-state index contributed by atoms with van der Waals surface area (Å²) in [5, 5.41) is 0. The van der Waals surface area contributed by atoms with Crippen molar-refractivity contribution in [1.82, 2.24) is 0 Å². The Morgan fingerprint density at radius 1 is 1.70 bits per heavy atom. The van der Waals surface area contributed by atoms with Crippen LogP contribution < -0.4 is 5.73 Å². The van der Waals surface area contributed by atoms with Gasteiger partial charge >= 0.3 is 0 Å². The van der Waals surface area contributed by atoms with E-state index in [0.29, 0.717) is 0 Å². The molecule has 1 heteroatoms. The fourth-order valence-corrected chi connectivity index (χ4v) is 1.66. The van der Waals surface area contributed by atoms with E-state index in [1.807, 2.05) is 0 Å². The molecule has 10 heavy (non-hydrogen) atoms. The second kappa shape index (κ2) is 3.77. The average molecular weight is 139 g/mol. The summed E-state index contributed by atoms with van der Waals surface area (Å²) in [6.45, 7) is 3.00. The van der Waals surface area contributed by atoms with E-state index in [1.54, 1.807) is 5.57 Å². The molecule has 0 aromatic heterocycles. The van der Waals surface area contributed by atoms with Crippen molar-refractivity contribution in [3.05, 3.63) is 11.6 Å². The van der Waals surface area contributed by atoms with Crippen molar-refractivity contribution < 1.29 is 0 Å². The van der Waals surface area contributed by atoms with Gasteiger partial charge in [-0.05, 0) is 25.2 Å². The highest BCUT2D eigenvalue weighted by atomic mass is 14.5. The molecule has 0 bridgehead atoms. The Kier molecular flexibility index (Phi) is 2.94. The van der Waals surface area contributed by atoms with E-state index in [0.717, 1.165) is 12.5 Å². The van der Waals surface area contributed by atoms with Crippen LogP contribution in [0.5, 0.6) is 0 Å². The maximum atomic E-state index is 5.42. The van der Waals surface area contributed by atoms with Gasteiger partial charge < -0.3 is 5.73 Å². The third-order valence-electron chi connectivity index (χ3n) is 2.41. The topological polar surface area (TPSA) is 26.0 Å². The predicted molar refractivity (Wildman–Crippen MR) is 44.8 cm³/mol. The summed E-state index contributed by atoms with van der Waals surface area (Å²) in [6, 6.07) is 0. The summed E-state index contributed by atoms with van der Waals surface area (Å²) < 4.78 is 0. The van der Waals surface area contributed by atoms with Crippen molar-refractivity contribution in [3.8, 4) is 0 Å². The van der Waals surface area contributed by atoms with E-state index < -0.39 is 0 Å². The minimum atomic E-state index is 0.728. The minimum absolute atomic E-state index is 0.728. The van der Waals surface area contributed by atoms with Crippen LogP contribution in [0.15, 0.2) is 11.6 Å². The van der Waals surface area contributed by atoms with Crippen LogP contribution in [0.4, 0.5) is 0 Å². The van der Waals surface area contributed by atoms with Gasteiger partial charge in [0, 0.05) is 6.54 Å². The first-order valence-electron chi connectivity index (χ1n) is 4.24. The Morgan fingerprint density at radius 3 is 3.00 bits per heavy atom. The molecule has 1 fully saturated rings. The largest absolute Gasteiger partial charge is 0.327 e. The maximum Gasteiger partial charge on any atom is 0.0109 e. The maximum absolute atomic E-state index is 5.42. The normalized spacial score (nSPS) is 29.8. The molecule has 0 aromatic carbocycles. The lowest BCUT2D eigenvalue weighted by Gasteiger charge is -2.00.